The second-order valence-electron chi connectivity index (χ2n) is 7.73. The fourth-order valence-corrected chi connectivity index (χ4v) is 4.32. The van der Waals surface area contributed by atoms with Gasteiger partial charge in [-0.25, -0.2) is 4.79 Å². The van der Waals surface area contributed by atoms with Gasteiger partial charge in [-0.3, -0.25) is 4.79 Å². The third-order valence-corrected chi connectivity index (χ3v) is 5.83. The maximum absolute atomic E-state index is 13.2. The van der Waals surface area contributed by atoms with Crippen LogP contribution in [0.2, 0.25) is 0 Å². The van der Waals surface area contributed by atoms with Crippen LogP contribution in [0, 0.1) is 0 Å². The molecule has 4 rings (SSSR count). The van der Waals surface area contributed by atoms with Crippen LogP contribution in [0.25, 0.3) is 10.9 Å². The molecule has 3 N–H and O–H groups in total. The molecular weight excluding hydrogens is 378 g/mol. The molecule has 156 valence electrons. The van der Waals surface area contributed by atoms with Crippen molar-refractivity contribution >= 4 is 22.6 Å². The van der Waals surface area contributed by atoms with Gasteiger partial charge >= 0.3 is 6.03 Å². The van der Waals surface area contributed by atoms with E-state index in [1.807, 2.05) is 25.1 Å². The number of nitrogens with one attached hydrogen (secondary N) is 2. The number of carbonyl (C=O) groups is 1. The first-order valence-corrected chi connectivity index (χ1v) is 10.5. The summed E-state index contributed by atoms with van der Waals surface area (Å²) in [5.74, 6) is 0. The SMILES string of the molecule is CCc1cc(=O)c2cc(NC(=O)N(CCO)[C@H]3CCCc4ccccc43)ccc2[nH]1. The number of aromatic amines is 1. The summed E-state index contributed by atoms with van der Waals surface area (Å²) in [7, 11) is 0. The van der Waals surface area contributed by atoms with Gasteiger partial charge in [0.2, 0.25) is 0 Å². The molecule has 0 aliphatic heterocycles. The molecule has 1 atom stereocenters. The Morgan fingerprint density at radius 3 is 2.87 bits per heavy atom. The summed E-state index contributed by atoms with van der Waals surface area (Å²) in [5, 5.41) is 13.1. The summed E-state index contributed by atoms with van der Waals surface area (Å²) < 4.78 is 0. The topological polar surface area (TPSA) is 85.4 Å². The molecular formula is C24H27N3O3. The molecule has 2 aromatic carbocycles. The summed E-state index contributed by atoms with van der Waals surface area (Å²) in [6, 6.07) is 14.8. The van der Waals surface area contributed by atoms with E-state index >= 15 is 0 Å². The van der Waals surface area contributed by atoms with Crippen LogP contribution < -0.4 is 10.7 Å². The number of aliphatic hydroxyl groups excluding tert-OH is 1. The molecule has 3 aromatic rings. The summed E-state index contributed by atoms with van der Waals surface area (Å²) in [6.07, 6.45) is 3.63. The number of rotatable bonds is 5. The highest BCUT2D eigenvalue weighted by Gasteiger charge is 2.29. The molecule has 1 aromatic heterocycles. The number of hydrogen-bond donors (Lipinski definition) is 3. The van der Waals surface area contributed by atoms with E-state index in [-0.39, 0.29) is 30.7 Å². The van der Waals surface area contributed by atoms with E-state index in [0.29, 0.717) is 11.1 Å². The minimum Gasteiger partial charge on any atom is -0.395 e. The van der Waals surface area contributed by atoms with Crippen molar-refractivity contribution in [1.29, 1.82) is 0 Å². The van der Waals surface area contributed by atoms with Gasteiger partial charge in [0.05, 0.1) is 12.6 Å². The van der Waals surface area contributed by atoms with Crippen molar-refractivity contribution in [2.45, 2.75) is 38.6 Å². The average molecular weight is 405 g/mol. The molecule has 0 unspecified atom stereocenters. The van der Waals surface area contributed by atoms with E-state index in [2.05, 4.69) is 22.4 Å². The molecule has 30 heavy (non-hydrogen) atoms. The van der Waals surface area contributed by atoms with Gasteiger partial charge in [-0.2, -0.15) is 0 Å². The standard InChI is InChI=1S/C24H27N3O3/c1-2-17-15-23(29)20-14-18(10-11-21(20)25-17)26-24(30)27(12-13-28)22-9-5-7-16-6-3-4-8-19(16)22/h3-4,6,8,10-11,14-15,22,28H,2,5,7,9,12-13H2,1H3,(H,25,29)(H,26,30)/t22-/m0/s1. The largest absolute Gasteiger partial charge is 0.395 e. The van der Waals surface area contributed by atoms with Gasteiger partial charge in [0, 0.05) is 34.9 Å². The van der Waals surface area contributed by atoms with Crippen molar-refractivity contribution in [3.63, 3.8) is 0 Å². The Kier molecular flexibility index (Phi) is 5.86. The second kappa shape index (κ2) is 8.71. The Bertz CT molecular complexity index is 1120. The number of hydrogen-bond acceptors (Lipinski definition) is 3. The highest BCUT2D eigenvalue weighted by atomic mass is 16.3. The number of urea groups is 1. The smallest absolute Gasteiger partial charge is 0.322 e. The maximum atomic E-state index is 13.2. The third-order valence-electron chi connectivity index (χ3n) is 5.83. The number of aromatic nitrogens is 1. The lowest BCUT2D eigenvalue weighted by molar-refractivity contribution is 0.155. The van der Waals surface area contributed by atoms with Crippen LogP contribution >= 0.6 is 0 Å². The third kappa shape index (κ3) is 3.96. The molecule has 2 amide bonds. The van der Waals surface area contributed by atoms with Gasteiger partial charge in [-0.1, -0.05) is 31.2 Å². The van der Waals surface area contributed by atoms with Crippen molar-refractivity contribution in [1.82, 2.24) is 9.88 Å². The molecule has 0 fully saturated rings. The lowest BCUT2D eigenvalue weighted by Crippen LogP contribution is -2.41. The Labute approximate surface area is 175 Å². The predicted octanol–water partition coefficient (Wildman–Crippen LogP) is 3.99. The molecule has 0 saturated carbocycles. The number of nitrogens with zero attached hydrogens (tertiary/aromatic N) is 1. The fraction of sp³-hybridized carbons (Fsp3) is 0.333. The Morgan fingerprint density at radius 1 is 1.23 bits per heavy atom. The first-order chi connectivity index (χ1) is 14.6. The lowest BCUT2D eigenvalue weighted by Gasteiger charge is -2.35. The van der Waals surface area contributed by atoms with Gasteiger partial charge in [0.25, 0.3) is 0 Å². The zero-order valence-corrected chi connectivity index (χ0v) is 17.1. The average Bonchev–Trinajstić information content (AvgIpc) is 2.77. The number of anilines is 1. The Hall–Kier alpha value is -3.12. The van der Waals surface area contributed by atoms with E-state index in [1.54, 1.807) is 23.1 Å². The van der Waals surface area contributed by atoms with Crippen LogP contribution in [0.3, 0.4) is 0 Å². The van der Waals surface area contributed by atoms with Gasteiger partial charge < -0.3 is 20.3 Å². The van der Waals surface area contributed by atoms with Gasteiger partial charge in [-0.05, 0) is 55.0 Å². The van der Waals surface area contributed by atoms with Crippen LogP contribution in [0.5, 0.6) is 0 Å². The van der Waals surface area contributed by atoms with Gasteiger partial charge in [-0.15, -0.1) is 0 Å². The number of aliphatic hydroxyl groups is 1. The zero-order valence-electron chi connectivity index (χ0n) is 17.1. The molecule has 6 nitrogen and oxygen atoms in total. The first-order valence-electron chi connectivity index (χ1n) is 10.5. The number of pyridine rings is 1. The number of benzene rings is 2. The molecule has 0 radical (unpaired) electrons. The zero-order chi connectivity index (χ0) is 21.1. The Balaban J connectivity index is 1.61. The van der Waals surface area contributed by atoms with Crippen molar-refractivity contribution in [2.24, 2.45) is 0 Å². The monoisotopic (exact) mass is 405 g/mol. The molecule has 1 aliphatic carbocycles. The first kappa shape index (κ1) is 20.2. The molecule has 0 saturated heterocycles. The van der Waals surface area contributed by atoms with Crippen molar-refractivity contribution in [3.8, 4) is 0 Å². The molecule has 1 aliphatic rings. The van der Waals surface area contributed by atoms with Crippen LogP contribution in [0.1, 0.15) is 42.6 Å². The highest BCUT2D eigenvalue weighted by Crippen LogP contribution is 2.34. The molecule has 0 bridgehead atoms. The van der Waals surface area contributed by atoms with E-state index in [1.165, 1.54) is 5.56 Å². The maximum Gasteiger partial charge on any atom is 0.322 e. The molecule has 0 spiro atoms. The summed E-state index contributed by atoms with van der Waals surface area (Å²) >= 11 is 0. The molecule has 1 heterocycles. The van der Waals surface area contributed by atoms with Crippen LogP contribution in [-0.2, 0) is 12.8 Å². The fourth-order valence-electron chi connectivity index (χ4n) is 4.32. The normalized spacial score (nSPS) is 15.6. The van der Waals surface area contributed by atoms with Crippen molar-refractivity contribution < 1.29 is 9.90 Å². The number of H-pyrrole nitrogens is 1. The Morgan fingerprint density at radius 2 is 2.07 bits per heavy atom. The molecule has 6 heteroatoms. The van der Waals surface area contributed by atoms with Crippen molar-refractivity contribution in [2.75, 3.05) is 18.5 Å². The van der Waals surface area contributed by atoms with E-state index < -0.39 is 0 Å². The number of fused-ring (bicyclic) bond motifs is 2. The van der Waals surface area contributed by atoms with E-state index in [9.17, 15) is 14.7 Å². The van der Waals surface area contributed by atoms with Crippen LogP contribution in [0.15, 0.2) is 53.3 Å². The second-order valence-corrected chi connectivity index (χ2v) is 7.73. The number of amides is 2. The quantitative estimate of drug-likeness (QED) is 0.600. The van der Waals surface area contributed by atoms with Gasteiger partial charge in [0.15, 0.2) is 5.43 Å². The summed E-state index contributed by atoms with van der Waals surface area (Å²) in [6.45, 7) is 2.13. The summed E-state index contributed by atoms with van der Waals surface area (Å²) in [5.41, 5.74) is 4.54. The number of aryl methyl sites for hydroxylation is 2. The minimum atomic E-state index is -0.272. The van der Waals surface area contributed by atoms with E-state index in [0.717, 1.165) is 42.5 Å². The lowest BCUT2D eigenvalue weighted by atomic mass is 9.87. The van der Waals surface area contributed by atoms with Crippen molar-refractivity contribution in [3.05, 3.63) is 75.6 Å². The van der Waals surface area contributed by atoms with Crippen LogP contribution in [-0.4, -0.2) is 34.2 Å². The minimum absolute atomic E-state index is 0.0647. The predicted molar refractivity (Wildman–Crippen MR) is 119 cm³/mol. The highest BCUT2D eigenvalue weighted by molar-refractivity contribution is 5.93. The van der Waals surface area contributed by atoms with Gasteiger partial charge in [0.1, 0.15) is 0 Å². The van der Waals surface area contributed by atoms with Crippen LogP contribution in [0.4, 0.5) is 10.5 Å². The van der Waals surface area contributed by atoms with E-state index in [4.69, 9.17) is 0 Å². The summed E-state index contributed by atoms with van der Waals surface area (Å²) in [4.78, 5) is 30.5. The number of carbonyl (C=O) groups excluding carboxylic acids is 1.